The Morgan fingerprint density at radius 3 is 2.76 bits per heavy atom. The van der Waals surface area contributed by atoms with Gasteiger partial charge in [-0.15, -0.1) is 11.3 Å². The third kappa shape index (κ3) is 6.44. The average molecular weight is 597 g/mol. The number of carboxylic acids is 1. The van der Waals surface area contributed by atoms with Crippen molar-refractivity contribution in [2.45, 2.75) is 38.5 Å². The monoisotopic (exact) mass is 596 g/mol. The number of alkyl halides is 1. The van der Waals surface area contributed by atoms with Gasteiger partial charge in [0, 0.05) is 62.4 Å². The predicted molar refractivity (Wildman–Crippen MR) is 156 cm³/mol. The van der Waals surface area contributed by atoms with E-state index in [0.717, 1.165) is 29.5 Å². The number of hydrogen-bond acceptors (Lipinski definition) is 8. The molecule has 10 nitrogen and oxygen atoms in total. The molecule has 1 saturated heterocycles. The standard InChI is InChI=1S/C30H33FN4O6S/c1-34-26(36)6-3-19-12-21(15-32-28(19)34)23-5-4-22(41-17-31)14-24(23)25-16-42-30(33-25)35(2)29(39)20(13-27(37)38)11-18-7-9-40-10-8-18/h4-5,12,14-16,18,20H,3,6-11,13,17H2,1-2H3,(H,37,38). The number of hydrogen-bond donors (Lipinski definition) is 1. The Labute approximate surface area is 247 Å². The van der Waals surface area contributed by atoms with E-state index in [1.165, 1.54) is 16.2 Å². The molecule has 0 aliphatic carbocycles. The zero-order chi connectivity index (χ0) is 29.8. The molecule has 42 heavy (non-hydrogen) atoms. The number of halogens is 1. The van der Waals surface area contributed by atoms with Crippen LogP contribution in [0.2, 0.25) is 0 Å². The number of aromatic nitrogens is 2. The molecule has 2 aliphatic rings. The van der Waals surface area contributed by atoms with E-state index < -0.39 is 18.7 Å². The van der Waals surface area contributed by atoms with E-state index in [0.29, 0.717) is 60.4 Å². The van der Waals surface area contributed by atoms with Gasteiger partial charge in [-0.1, -0.05) is 0 Å². The third-order valence-electron chi connectivity index (χ3n) is 7.88. The van der Waals surface area contributed by atoms with Crippen LogP contribution in [-0.2, 0) is 25.5 Å². The Balaban J connectivity index is 1.44. The number of fused-ring (bicyclic) bond motifs is 1. The summed E-state index contributed by atoms with van der Waals surface area (Å²) in [5, 5.41) is 11.7. The van der Waals surface area contributed by atoms with Gasteiger partial charge in [-0.3, -0.25) is 24.2 Å². The lowest BCUT2D eigenvalue weighted by atomic mass is 9.86. The van der Waals surface area contributed by atoms with Crippen LogP contribution >= 0.6 is 11.3 Å². The van der Waals surface area contributed by atoms with Gasteiger partial charge in [-0.05, 0) is 67.0 Å². The Kier molecular flexibility index (Phi) is 9.12. The van der Waals surface area contributed by atoms with Crippen molar-refractivity contribution in [3.63, 3.8) is 0 Å². The third-order valence-corrected chi connectivity index (χ3v) is 8.80. The summed E-state index contributed by atoms with van der Waals surface area (Å²) in [6.07, 6.45) is 4.51. The number of aliphatic carboxylic acids is 1. The maximum absolute atomic E-state index is 13.5. The molecule has 1 N–H and O–H groups in total. The molecule has 5 rings (SSSR count). The zero-order valence-electron chi connectivity index (χ0n) is 23.5. The molecule has 2 amide bonds. The molecule has 0 spiro atoms. The minimum atomic E-state index is -1.02. The van der Waals surface area contributed by atoms with Gasteiger partial charge in [0.1, 0.15) is 11.6 Å². The highest BCUT2D eigenvalue weighted by Crippen LogP contribution is 2.39. The summed E-state index contributed by atoms with van der Waals surface area (Å²) >= 11 is 1.26. The zero-order valence-corrected chi connectivity index (χ0v) is 24.4. The summed E-state index contributed by atoms with van der Waals surface area (Å²) in [4.78, 5) is 49.5. The number of thiazole rings is 1. The fourth-order valence-electron chi connectivity index (χ4n) is 5.58. The highest BCUT2D eigenvalue weighted by atomic mass is 32.1. The number of pyridine rings is 1. The van der Waals surface area contributed by atoms with E-state index in [1.807, 2.05) is 12.1 Å². The Bertz CT molecular complexity index is 1470. The number of ether oxygens (including phenoxy) is 2. The number of carboxylic acid groups (broad SMARTS) is 1. The average Bonchev–Trinajstić information content (AvgIpc) is 3.49. The molecule has 12 heteroatoms. The fourth-order valence-corrected chi connectivity index (χ4v) is 6.38. The highest BCUT2D eigenvalue weighted by Gasteiger charge is 2.31. The van der Waals surface area contributed by atoms with E-state index in [9.17, 15) is 23.9 Å². The van der Waals surface area contributed by atoms with Crippen LogP contribution in [0.5, 0.6) is 5.75 Å². The van der Waals surface area contributed by atoms with Crippen molar-refractivity contribution in [1.82, 2.24) is 9.97 Å². The first-order valence-corrected chi connectivity index (χ1v) is 14.7. The van der Waals surface area contributed by atoms with E-state index in [4.69, 9.17) is 14.5 Å². The molecule has 3 aromatic rings. The molecule has 0 saturated carbocycles. The number of carbonyl (C=O) groups is 3. The summed E-state index contributed by atoms with van der Waals surface area (Å²) in [7, 11) is 3.32. The summed E-state index contributed by atoms with van der Waals surface area (Å²) in [6.45, 7) is 0.246. The number of benzene rings is 1. The van der Waals surface area contributed by atoms with Crippen LogP contribution < -0.4 is 14.5 Å². The topological polar surface area (TPSA) is 122 Å². The largest absolute Gasteiger partial charge is 0.481 e. The maximum atomic E-state index is 13.5. The van der Waals surface area contributed by atoms with Crippen molar-refractivity contribution < 1.29 is 33.4 Å². The number of rotatable bonds is 10. The second kappa shape index (κ2) is 13.0. The lowest BCUT2D eigenvalue weighted by Crippen LogP contribution is -2.35. The minimum Gasteiger partial charge on any atom is -0.481 e. The van der Waals surface area contributed by atoms with Crippen LogP contribution in [0.25, 0.3) is 22.4 Å². The van der Waals surface area contributed by atoms with Gasteiger partial charge < -0.3 is 14.6 Å². The predicted octanol–water partition coefficient (Wildman–Crippen LogP) is 4.96. The van der Waals surface area contributed by atoms with Gasteiger partial charge in [0.05, 0.1) is 12.1 Å². The van der Waals surface area contributed by atoms with Crippen LogP contribution in [0.3, 0.4) is 0 Å². The van der Waals surface area contributed by atoms with Gasteiger partial charge in [0.2, 0.25) is 18.7 Å². The molecule has 2 aliphatic heterocycles. The van der Waals surface area contributed by atoms with E-state index in [2.05, 4.69) is 4.98 Å². The first-order chi connectivity index (χ1) is 20.2. The van der Waals surface area contributed by atoms with Crippen molar-refractivity contribution in [3.8, 4) is 28.1 Å². The minimum absolute atomic E-state index is 0.0168. The fraction of sp³-hybridized carbons (Fsp3) is 0.433. The maximum Gasteiger partial charge on any atom is 0.304 e. The lowest BCUT2D eigenvalue weighted by Gasteiger charge is -2.27. The summed E-state index contributed by atoms with van der Waals surface area (Å²) in [5.41, 5.74) is 3.75. The number of nitrogens with zero attached hydrogens (tertiary/aromatic N) is 4. The van der Waals surface area contributed by atoms with Gasteiger partial charge in [0.15, 0.2) is 5.13 Å². The number of amides is 2. The SMILES string of the molecule is CN(C(=O)C(CC(=O)O)CC1CCOCC1)c1nc(-c2cc(OCF)ccc2-c2cnc3c(c2)CCC(=O)N3C)cs1. The number of carbonyl (C=O) groups excluding carboxylic acids is 2. The second-order valence-electron chi connectivity index (χ2n) is 10.6. The van der Waals surface area contributed by atoms with Gasteiger partial charge in [-0.25, -0.2) is 14.4 Å². The van der Waals surface area contributed by atoms with Crippen molar-refractivity contribution in [2.24, 2.45) is 11.8 Å². The summed E-state index contributed by atoms with van der Waals surface area (Å²) in [6, 6.07) is 7.17. The molecule has 1 fully saturated rings. The van der Waals surface area contributed by atoms with Crippen LogP contribution in [0.15, 0.2) is 35.8 Å². The number of anilines is 2. The molecule has 2 aromatic heterocycles. The van der Waals surface area contributed by atoms with E-state index in [-0.39, 0.29) is 24.2 Å². The van der Waals surface area contributed by atoms with Crippen LogP contribution in [0.4, 0.5) is 15.3 Å². The smallest absolute Gasteiger partial charge is 0.304 e. The first kappa shape index (κ1) is 29.6. The van der Waals surface area contributed by atoms with E-state index >= 15 is 0 Å². The van der Waals surface area contributed by atoms with Gasteiger partial charge in [-0.2, -0.15) is 0 Å². The number of aryl methyl sites for hydroxylation is 1. The normalized spacial score (nSPS) is 16.2. The molecular weight excluding hydrogens is 563 g/mol. The summed E-state index contributed by atoms with van der Waals surface area (Å²) in [5.74, 6) is -0.786. The molecular formula is C30H33FN4O6S. The molecule has 4 heterocycles. The molecule has 0 radical (unpaired) electrons. The Hall–Kier alpha value is -3.90. The highest BCUT2D eigenvalue weighted by molar-refractivity contribution is 7.14. The Morgan fingerprint density at radius 2 is 2.02 bits per heavy atom. The van der Waals surface area contributed by atoms with E-state index in [1.54, 1.807) is 42.7 Å². The van der Waals surface area contributed by atoms with Crippen LogP contribution in [0.1, 0.15) is 37.7 Å². The van der Waals surface area contributed by atoms with Crippen molar-refractivity contribution in [3.05, 3.63) is 41.4 Å². The molecule has 222 valence electrons. The van der Waals surface area contributed by atoms with Crippen molar-refractivity contribution in [1.29, 1.82) is 0 Å². The lowest BCUT2D eigenvalue weighted by molar-refractivity contribution is -0.141. The van der Waals surface area contributed by atoms with Crippen LogP contribution in [0, 0.1) is 11.8 Å². The molecule has 1 atom stereocenters. The summed E-state index contributed by atoms with van der Waals surface area (Å²) < 4.78 is 23.6. The molecule has 1 aromatic carbocycles. The van der Waals surface area contributed by atoms with Crippen molar-refractivity contribution >= 4 is 40.1 Å². The van der Waals surface area contributed by atoms with Gasteiger partial charge in [0.25, 0.3) is 0 Å². The molecule has 0 bridgehead atoms. The first-order valence-electron chi connectivity index (χ1n) is 13.9. The quantitative estimate of drug-likeness (QED) is 0.349. The second-order valence-corrected chi connectivity index (χ2v) is 11.5. The van der Waals surface area contributed by atoms with Gasteiger partial charge >= 0.3 is 5.97 Å². The van der Waals surface area contributed by atoms with Crippen LogP contribution in [-0.4, -0.2) is 67.0 Å². The Morgan fingerprint density at radius 1 is 1.24 bits per heavy atom. The molecule has 1 unspecified atom stereocenters. The van der Waals surface area contributed by atoms with Crippen molar-refractivity contribution in [2.75, 3.05) is 44.0 Å².